The Hall–Kier alpha value is -0.0800. The predicted molar refractivity (Wildman–Crippen MR) is 55.8 cm³/mol. The molecule has 1 aliphatic heterocycles. The van der Waals surface area contributed by atoms with Crippen molar-refractivity contribution in [2.75, 3.05) is 6.54 Å². The molecule has 0 aliphatic carbocycles. The Labute approximate surface area is 81.9 Å². The van der Waals surface area contributed by atoms with Gasteiger partial charge < -0.3 is 5.11 Å². The van der Waals surface area contributed by atoms with Gasteiger partial charge in [-0.25, -0.2) is 0 Å². The molecule has 1 aliphatic rings. The quantitative estimate of drug-likeness (QED) is 0.727. The highest BCUT2D eigenvalue weighted by Crippen LogP contribution is 2.31. The van der Waals surface area contributed by atoms with Crippen molar-refractivity contribution in [3.8, 4) is 0 Å². The first-order valence-electron chi connectivity index (χ1n) is 5.38. The van der Waals surface area contributed by atoms with Crippen LogP contribution in [0.25, 0.3) is 0 Å². The topological polar surface area (TPSA) is 23.5 Å². The molecule has 2 unspecified atom stereocenters. The number of rotatable bonds is 3. The summed E-state index contributed by atoms with van der Waals surface area (Å²) in [5, 5.41) is 9.33. The van der Waals surface area contributed by atoms with Crippen LogP contribution in [0.1, 0.15) is 47.0 Å². The zero-order chi connectivity index (χ0) is 10.1. The molecule has 13 heavy (non-hydrogen) atoms. The summed E-state index contributed by atoms with van der Waals surface area (Å²) >= 11 is 0. The zero-order valence-electron chi connectivity index (χ0n) is 9.38. The first-order chi connectivity index (χ1) is 5.93. The summed E-state index contributed by atoms with van der Waals surface area (Å²) < 4.78 is 0. The van der Waals surface area contributed by atoms with Crippen molar-refractivity contribution in [1.29, 1.82) is 0 Å². The molecule has 2 atom stereocenters. The number of aliphatic hydroxyl groups is 1. The third-order valence-electron chi connectivity index (χ3n) is 3.18. The maximum Gasteiger partial charge on any atom is 0.0526 e. The van der Waals surface area contributed by atoms with E-state index in [0.717, 1.165) is 6.42 Å². The van der Waals surface area contributed by atoms with E-state index >= 15 is 0 Å². The largest absolute Gasteiger partial charge is 0.393 e. The Morgan fingerprint density at radius 3 is 2.38 bits per heavy atom. The van der Waals surface area contributed by atoms with Crippen molar-refractivity contribution in [1.82, 2.24) is 4.90 Å². The van der Waals surface area contributed by atoms with Gasteiger partial charge in [0.05, 0.1) is 6.10 Å². The van der Waals surface area contributed by atoms with Crippen LogP contribution in [0.3, 0.4) is 0 Å². The van der Waals surface area contributed by atoms with Crippen LogP contribution in [0.2, 0.25) is 0 Å². The van der Waals surface area contributed by atoms with Gasteiger partial charge >= 0.3 is 0 Å². The maximum atomic E-state index is 9.33. The highest BCUT2D eigenvalue weighted by molar-refractivity contribution is 4.90. The highest BCUT2D eigenvalue weighted by atomic mass is 16.3. The lowest BCUT2D eigenvalue weighted by atomic mass is 9.99. The molecule has 0 radical (unpaired) electrons. The second-order valence-electron chi connectivity index (χ2n) is 5.04. The van der Waals surface area contributed by atoms with Crippen LogP contribution >= 0.6 is 0 Å². The standard InChI is InChI=1S/C11H23NO/c1-9(8-10(2)13)12-7-5-6-11(12,3)4/h9-10,13H,5-8H2,1-4H3. The highest BCUT2D eigenvalue weighted by Gasteiger charge is 2.34. The number of hydrogen-bond acceptors (Lipinski definition) is 2. The second kappa shape index (κ2) is 3.97. The molecule has 0 aromatic carbocycles. The van der Waals surface area contributed by atoms with E-state index in [0.29, 0.717) is 11.6 Å². The van der Waals surface area contributed by atoms with Crippen molar-refractivity contribution in [2.45, 2.75) is 64.6 Å². The molecule has 0 spiro atoms. The van der Waals surface area contributed by atoms with Gasteiger partial charge in [0.2, 0.25) is 0 Å². The molecule has 0 saturated carbocycles. The molecule has 0 aromatic rings. The molecule has 2 heteroatoms. The lowest BCUT2D eigenvalue weighted by Gasteiger charge is -2.37. The Bertz CT molecular complexity index is 165. The summed E-state index contributed by atoms with van der Waals surface area (Å²) in [6.45, 7) is 9.90. The molecule has 1 rings (SSSR count). The van der Waals surface area contributed by atoms with Crippen molar-refractivity contribution in [3.05, 3.63) is 0 Å². The number of aliphatic hydroxyl groups excluding tert-OH is 1. The Kier molecular flexibility index (Phi) is 3.36. The minimum Gasteiger partial charge on any atom is -0.393 e. The molecule has 1 N–H and O–H groups in total. The van der Waals surface area contributed by atoms with E-state index in [-0.39, 0.29) is 6.10 Å². The average Bonchev–Trinajstić information content (AvgIpc) is 2.27. The lowest BCUT2D eigenvalue weighted by Crippen LogP contribution is -2.45. The molecule has 0 aromatic heterocycles. The fourth-order valence-corrected chi connectivity index (χ4v) is 2.57. The lowest BCUT2D eigenvalue weighted by molar-refractivity contribution is 0.0797. The SMILES string of the molecule is CC(O)CC(C)N1CCCC1(C)C. The van der Waals surface area contributed by atoms with Crippen molar-refractivity contribution < 1.29 is 5.11 Å². The molecule has 1 saturated heterocycles. The second-order valence-corrected chi connectivity index (χ2v) is 5.04. The van der Waals surface area contributed by atoms with Gasteiger partial charge in [-0.1, -0.05) is 0 Å². The fraction of sp³-hybridized carbons (Fsp3) is 1.00. The average molecular weight is 185 g/mol. The molecular weight excluding hydrogens is 162 g/mol. The summed E-state index contributed by atoms with van der Waals surface area (Å²) in [5.74, 6) is 0. The first kappa shape index (κ1) is 11.0. The van der Waals surface area contributed by atoms with Crippen LogP contribution < -0.4 is 0 Å². The van der Waals surface area contributed by atoms with Gasteiger partial charge in [-0.3, -0.25) is 4.90 Å². The summed E-state index contributed by atoms with van der Waals surface area (Å²) in [6, 6.07) is 0.512. The van der Waals surface area contributed by atoms with Crippen LogP contribution in [-0.4, -0.2) is 34.2 Å². The van der Waals surface area contributed by atoms with Crippen LogP contribution in [0.15, 0.2) is 0 Å². The van der Waals surface area contributed by atoms with E-state index in [9.17, 15) is 5.11 Å². The number of nitrogens with zero attached hydrogens (tertiary/aromatic N) is 1. The Morgan fingerprint density at radius 2 is 2.00 bits per heavy atom. The Balaban J connectivity index is 2.51. The number of hydrogen-bond donors (Lipinski definition) is 1. The molecule has 1 fully saturated rings. The van der Waals surface area contributed by atoms with Crippen LogP contribution in [0, 0.1) is 0 Å². The van der Waals surface area contributed by atoms with Crippen LogP contribution in [0.4, 0.5) is 0 Å². The van der Waals surface area contributed by atoms with Crippen molar-refractivity contribution >= 4 is 0 Å². The maximum absolute atomic E-state index is 9.33. The monoisotopic (exact) mass is 185 g/mol. The van der Waals surface area contributed by atoms with Crippen LogP contribution in [0.5, 0.6) is 0 Å². The van der Waals surface area contributed by atoms with Crippen LogP contribution in [-0.2, 0) is 0 Å². The zero-order valence-corrected chi connectivity index (χ0v) is 9.38. The molecule has 78 valence electrons. The third kappa shape index (κ3) is 2.68. The minimum absolute atomic E-state index is 0.175. The van der Waals surface area contributed by atoms with Crippen molar-refractivity contribution in [2.24, 2.45) is 0 Å². The number of likely N-dealkylation sites (tertiary alicyclic amines) is 1. The summed E-state index contributed by atoms with van der Waals surface area (Å²) in [4.78, 5) is 2.53. The fourth-order valence-electron chi connectivity index (χ4n) is 2.57. The summed E-state index contributed by atoms with van der Waals surface area (Å²) in [6.07, 6.45) is 3.31. The summed E-state index contributed by atoms with van der Waals surface area (Å²) in [5.41, 5.74) is 0.342. The third-order valence-corrected chi connectivity index (χ3v) is 3.18. The molecular formula is C11H23NO. The van der Waals surface area contributed by atoms with E-state index in [2.05, 4.69) is 25.7 Å². The first-order valence-corrected chi connectivity index (χ1v) is 5.38. The van der Waals surface area contributed by atoms with E-state index in [1.54, 1.807) is 0 Å². The van der Waals surface area contributed by atoms with Gasteiger partial charge in [0, 0.05) is 11.6 Å². The Morgan fingerprint density at radius 1 is 1.38 bits per heavy atom. The minimum atomic E-state index is -0.175. The van der Waals surface area contributed by atoms with E-state index < -0.39 is 0 Å². The van der Waals surface area contributed by atoms with Crippen molar-refractivity contribution in [3.63, 3.8) is 0 Å². The molecule has 1 heterocycles. The van der Waals surface area contributed by atoms with Gasteiger partial charge in [-0.15, -0.1) is 0 Å². The van der Waals surface area contributed by atoms with Gasteiger partial charge in [-0.05, 0) is 53.5 Å². The summed E-state index contributed by atoms with van der Waals surface area (Å²) in [7, 11) is 0. The smallest absolute Gasteiger partial charge is 0.0526 e. The molecule has 0 amide bonds. The van der Waals surface area contributed by atoms with E-state index in [4.69, 9.17) is 0 Å². The van der Waals surface area contributed by atoms with Gasteiger partial charge in [0.15, 0.2) is 0 Å². The molecule has 0 bridgehead atoms. The van der Waals surface area contributed by atoms with Gasteiger partial charge in [-0.2, -0.15) is 0 Å². The van der Waals surface area contributed by atoms with Gasteiger partial charge in [0.1, 0.15) is 0 Å². The normalized spacial score (nSPS) is 27.5. The predicted octanol–water partition coefficient (Wildman–Crippen LogP) is 2.02. The van der Waals surface area contributed by atoms with E-state index in [1.165, 1.54) is 19.4 Å². The molecule has 2 nitrogen and oxygen atoms in total. The van der Waals surface area contributed by atoms with E-state index in [1.807, 2.05) is 6.92 Å². The van der Waals surface area contributed by atoms with Gasteiger partial charge in [0.25, 0.3) is 0 Å².